The smallest absolute Gasteiger partial charge is 0.165 e. The molecule has 0 radical (unpaired) electrons. The summed E-state index contributed by atoms with van der Waals surface area (Å²) in [5, 5.41) is 8.67. The van der Waals surface area contributed by atoms with Gasteiger partial charge in [-0.15, -0.1) is 10.2 Å². The summed E-state index contributed by atoms with van der Waals surface area (Å²) in [7, 11) is 0. The standard InChI is InChI=1S/C24H24N8/c1-2-19-24-30-28-15-31(24)20-13-26-22(29-23(20)32(19)17-10-6-7-11-17)18-12-25-14-27-21(18)16-8-4-3-5-9-16/h3-5,8-9,12-15,17,19H,2,6-7,10-11H2,1H3. The second-order valence-electron chi connectivity index (χ2n) is 8.38. The molecule has 1 aromatic carbocycles. The van der Waals surface area contributed by atoms with Gasteiger partial charge in [-0.2, -0.15) is 0 Å². The zero-order valence-electron chi connectivity index (χ0n) is 18.0. The van der Waals surface area contributed by atoms with Gasteiger partial charge in [-0.05, 0) is 19.3 Å². The van der Waals surface area contributed by atoms with E-state index in [2.05, 4.69) is 32.0 Å². The van der Waals surface area contributed by atoms with Crippen LogP contribution in [-0.4, -0.2) is 40.7 Å². The van der Waals surface area contributed by atoms with Gasteiger partial charge in [0, 0.05) is 17.8 Å². The normalized spacial score (nSPS) is 17.9. The van der Waals surface area contributed by atoms with E-state index < -0.39 is 0 Å². The van der Waals surface area contributed by atoms with Crippen molar-refractivity contribution in [1.82, 2.24) is 34.7 Å². The van der Waals surface area contributed by atoms with E-state index in [9.17, 15) is 0 Å². The molecule has 6 rings (SSSR count). The Morgan fingerprint density at radius 3 is 2.69 bits per heavy atom. The third-order valence-corrected chi connectivity index (χ3v) is 6.57. The number of fused-ring (bicyclic) bond motifs is 3. The molecule has 2 aliphatic rings. The Labute approximate surface area is 186 Å². The van der Waals surface area contributed by atoms with Gasteiger partial charge >= 0.3 is 0 Å². The minimum absolute atomic E-state index is 0.150. The fourth-order valence-electron chi connectivity index (χ4n) is 5.09. The lowest BCUT2D eigenvalue weighted by Gasteiger charge is -2.40. The molecular weight excluding hydrogens is 400 g/mol. The van der Waals surface area contributed by atoms with Crippen molar-refractivity contribution in [3.8, 4) is 28.3 Å². The van der Waals surface area contributed by atoms with Crippen LogP contribution < -0.4 is 4.90 Å². The SMILES string of the molecule is CCC1c2nncn2-c2cnc(-c3cncnc3-c3ccccc3)nc2N1C1CCCC1. The highest BCUT2D eigenvalue weighted by molar-refractivity contribution is 5.78. The van der Waals surface area contributed by atoms with E-state index in [0.29, 0.717) is 11.9 Å². The molecule has 0 amide bonds. The molecule has 1 aliphatic carbocycles. The van der Waals surface area contributed by atoms with Gasteiger partial charge in [0.1, 0.15) is 18.3 Å². The van der Waals surface area contributed by atoms with E-state index in [4.69, 9.17) is 9.97 Å². The lowest BCUT2D eigenvalue weighted by molar-refractivity contribution is 0.469. The Kier molecular flexibility index (Phi) is 4.63. The van der Waals surface area contributed by atoms with Gasteiger partial charge in [-0.3, -0.25) is 4.57 Å². The van der Waals surface area contributed by atoms with E-state index in [1.54, 1.807) is 18.9 Å². The number of nitrogens with zero attached hydrogens (tertiary/aromatic N) is 8. The molecule has 0 spiro atoms. The van der Waals surface area contributed by atoms with Crippen molar-refractivity contribution < 1.29 is 0 Å². The first kappa shape index (κ1) is 19.0. The topological polar surface area (TPSA) is 85.5 Å². The summed E-state index contributed by atoms with van der Waals surface area (Å²) in [5.74, 6) is 2.55. The van der Waals surface area contributed by atoms with Crippen molar-refractivity contribution in [2.24, 2.45) is 0 Å². The van der Waals surface area contributed by atoms with Crippen LogP contribution in [0.25, 0.3) is 28.3 Å². The molecule has 3 aromatic heterocycles. The third kappa shape index (κ3) is 2.97. The molecule has 32 heavy (non-hydrogen) atoms. The fraction of sp³-hybridized carbons (Fsp3) is 0.333. The Morgan fingerprint density at radius 2 is 1.88 bits per heavy atom. The van der Waals surface area contributed by atoms with Gasteiger partial charge in [-0.25, -0.2) is 19.9 Å². The fourth-order valence-corrected chi connectivity index (χ4v) is 5.09. The van der Waals surface area contributed by atoms with Crippen LogP contribution in [0.4, 0.5) is 5.82 Å². The van der Waals surface area contributed by atoms with Crippen molar-refractivity contribution in [1.29, 1.82) is 0 Å². The highest BCUT2D eigenvalue weighted by Crippen LogP contribution is 2.43. The summed E-state index contributed by atoms with van der Waals surface area (Å²) < 4.78 is 2.04. The molecule has 1 aliphatic heterocycles. The highest BCUT2D eigenvalue weighted by atomic mass is 15.4. The molecule has 4 heterocycles. The molecule has 0 bridgehead atoms. The number of benzene rings is 1. The summed E-state index contributed by atoms with van der Waals surface area (Å²) in [6.07, 6.45) is 12.8. The Morgan fingerprint density at radius 1 is 1.03 bits per heavy atom. The zero-order chi connectivity index (χ0) is 21.5. The van der Waals surface area contributed by atoms with E-state index in [-0.39, 0.29) is 6.04 Å². The predicted octanol–water partition coefficient (Wildman–Crippen LogP) is 4.40. The minimum Gasteiger partial charge on any atom is -0.342 e. The largest absolute Gasteiger partial charge is 0.342 e. The molecule has 4 aromatic rings. The van der Waals surface area contributed by atoms with Gasteiger partial charge in [0.2, 0.25) is 0 Å². The molecule has 8 nitrogen and oxygen atoms in total. The van der Waals surface area contributed by atoms with E-state index in [1.807, 2.05) is 41.1 Å². The van der Waals surface area contributed by atoms with Gasteiger partial charge in [0.15, 0.2) is 17.5 Å². The van der Waals surface area contributed by atoms with E-state index in [1.165, 1.54) is 25.7 Å². The van der Waals surface area contributed by atoms with Crippen LogP contribution in [0.5, 0.6) is 0 Å². The number of hydrogen-bond acceptors (Lipinski definition) is 7. The number of hydrogen-bond donors (Lipinski definition) is 0. The van der Waals surface area contributed by atoms with E-state index in [0.717, 1.165) is 40.6 Å². The maximum atomic E-state index is 5.13. The average molecular weight is 425 g/mol. The summed E-state index contributed by atoms with van der Waals surface area (Å²) in [5.41, 5.74) is 3.62. The predicted molar refractivity (Wildman–Crippen MR) is 121 cm³/mol. The molecular formula is C24H24N8. The average Bonchev–Trinajstić information content (AvgIpc) is 3.56. The van der Waals surface area contributed by atoms with Crippen LogP contribution in [0, 0.1) is 0 Å². The summed E-state index contributed by atoms with van der Waals surface area (Å²) in [4.78, 5) is 21.2. The molecule has 1 atom stereocenters. The first-order valence-electron chi connectivity index (χ1n) is 11.3. The maximum Gasteiger partial charge on any atom is 0.165 e. The van der Waals surface area contributed by atoms with Crippen molar-refractivity contribution >= 4 is 5.82 Å². The van der Waals surface area contributed by atoms with Crippen molar-refractivity contribution in [2.45, 2.75) is 51.1 Å². The first-order chi connectivity index (χ1) is 15.8. The second kappa shape index (κ2) is 7.78. The number of aromatic nitrogens is 7. The van der Waals surface area contributed by atoms with Gasteiger partial charge in [-0.1, -0.05) is 50.1 Å². The van der Waals surface area contributed by atoms with Crippen LogP contribution >= 0.6 is 0 Å². The molecule has 1 fully saturated rings. The summed E-state index contributed by atoms with van der Waals surface area (Å²) in [6, 6.07) is 10.7. The maximum absolute atomic E-state index is 5.13. The molecule has 160 valence electrons. The molecule has 0 N–H and O–H groups in total. The van der Waals surface area contributed by atoms with Crippen LogP contribution in [-0.2, 0) is 0 Å². The van der Waals surface area contributed by atoms with Gasteiger partial charge < -0.3 is 4.90 Å². The van der Waals surface area contributed by atoms with Gasteiger partial charge in [0.05, 0.1) is 23.5 Å². The van der Waals surface area contributed by atoms with Crippen molar-refractivity contribution in [2.75, 3.05) is 4.90 Å². The van der Waals surface area contributed by atoms with Crippen molar-refractivity contribution in [3.63, 3.8) is 0 Å². The quantitative estimate of drug-likeness (QED) is 0.480. The van der Waals surface area contributed by atoms with Crippen LogP contribution in [0.3, 0.4) is 0 Å². The molecule has 0 saturated heterocycles. The lowest BCUT2D eigenvalue weighted by atomic mass is 10.0. The van der Waals surface area contributed by atoms with E-state index >= 15 is 0 Å². The monoisotopic (exact) mass is 424 g/mol. The minimum atomic E-state index is 0.150. The lowest BCUT2D eigenvalue weighted by Crippen LogP contribution is -2.42. The highest BCUT2D eigenvalue weighted by Gasteiger charge is 2.38. The molecule has 8 heteroatoms. The Bertz CT molecular complexity index is 1250. The van der Waals surface area contributed by atoms with Crippen LogP contribution in [0.15, 0.2) is 55.4 Å². The Hall–Kier alpha value is -3.68. The molecule has 1 unspecified atom stereocenters. The molecule has 1 saturated carbocycles. The van der Waals surface area contributed by atoms with Gasteiger partial charge in [0.25, 0.3) is 0 Å². The summed E-state index contributed by atoms with van der Waals surface area (Å²) >= 11 is 0. The third-order valence-electron chi connectivity index (χ3n) is 6.57. The summed E-state index contributed by atoms with van der Waals surface area (Å²) in [6.45, 7) is 2.21. The second-order valence-corrected chi connectivity index (χ2v) is 8.38. The zero-order valence-corrected chi connectivity index (χ0v) is 18.0. The van der Waals surface area contributed by atoms with Crippen LogP contribution in [0.2, 0.25) is 0 Å². The number of anilines is 1. The van der Waals surface area contributed by atoms with Crippen molar-refractivity contribution in [3.05, 3.63) is 61.2 Å². The van der Waals surface area contributed by atoms with Crippen LogP contribution in [0.1, 0.15) is 50.9 Å². The Balaban J connectivity index is 1.53. The number of rotatable bonds is 4. The first-order valence-corrected chi connectivity index (χ1v) is 11.3.